The number of sulfonamides is 1. The fraction of sp³-hybridized carbons (Fsp3) is 0.261. The first-order valence-electron chi connectivity index (χ1n) is 20.2. The minimum Gasteiger partial charge on any atom is -0.455 e. The van der Waals surface area contributed by atoms with Crippen LogP contribution in [-0.2, 0) is 21.3 Å². The van der Waals surface area contributed by atoms with Gasteiger partial charge in [0.2, 0.25) is 0 Å². The van der Waals surface area contributed by atoms with E-state index in [2.05, 4.69) is 79.5 Å². The summed E-state index contributed by atoms with van der Waals surface area (Å²) in [6.45, 7) is 2.61. The van der Waals surface area contributed by atoms with Crippen LogP contribution in [0.3, 0.4) is 0 Å². The number of carbonyl (C=O) groups excluding carboxylic acids is 1. The molecule has 60 heavy (non-hydrogen) atoms. The van der Waals surface area contributed by atoms with Gasteiger partial charge in [-0.3, -0.25) is 19.8 Å². The smallest absolute Gasteiger partial charge is 0.293 e. The molecule has 0 spiro atoms. The summed E-state index contributed by atoms with van der Waals surface area (Å²) in [5.74, 6) is -0.182. The Morgan fingerprint density at radius 3 is 2.58 bits per heavy atom. The molecule has 1 saturated heterocycles. The molecule has 1 fully saturated rings. The molecule has 13 nitrogen and oxygen atoms in total. The lowest BCUT2D eigenvalue weighted by Crippen LogP contribution is -2.35. The van der Waals surface area contributed by atoms with Crippen molar-refractivity contribution in [2.24, 2.45) is 5.92 Å². The van der Waals surface area contributed by atoms with Gasteiger partial charge in [0.25, 0.3) is 21.6 Å². The average Bonchev–Trinajstić information content (AvgIpc) is 3.91. The molecule has 14 heteroatoms. The number of fused-ring (bicyclic) bond motifs is 2. The zero-order valence-corrected chi connectivity index (χ0v) is 33.6. The number of anilines is 1. The molecule has 4 aromatic carbocycles. The van der Waals surface area contributed by atoms with Crippen molar-refractivity contribution in [3.63, 3.8) is 0 Å². The van der Waals surface area contributed by atoms with Crippen molar-refractivity contribution >= 4 is 43.9 Å². The first-order valence-corrected chi connectivity index (χ1v) is 21.7. The number of nitro benzene ring substituents is 1. The fourth-order valence-corrected chi connectivity index (χ4v) is 9.64. The van der Waals surface area contributed by atoms with E-state index in [1.807, 2.05) is 12.1 Å². The minimum absolute atomic E-state index is 0.0319. The molecule has 0 radical (unpaired) electrons. The van der Waals surface area contributed by atoms with Gasteiger partial charge in [-0.25, -0.2) is 18.1 Å². The summed E-state index contributed by atoms with van der Waals surface area (Å²) >= 11 is 0. The molecule has 2 aliphatic heterocycles. The number of ether oxygens (including phenoxy) is 2. The molecule has 306 valence electrons. The number of pyridine rings is 1. The molecule has 2 aromatic heterocycles. The third-order valence-corrected chi connectivity index (χ3v) is 13.2. The van der Waals surface area contributed by atoms with E-state index in [1.165, 1.54) is 35.0 Å². The van der Waals surface area contributed by atoms with Crippen molar-refractivity contribution in [3.05, 3.63) is 160 Å². The molecule has 0 bridgehead atoms. The van der Waals surface area contributed by atoms with Crippen LogP contribution in [0, 0.1) is 16.0 Å². The molecule has 6 aromatic rings. The first-order chi connectivity index (χ1) is 29.2. The second kappa shape index (κ2) is 16.7. The lowest BCUT2D eigenvalue weighted by molar-refractivity contribution is -0.384. The van der Waals surface area contributed by atoms with E-state index in [4.69, 9.17) is 9.47 Å². The number of hydrogen-bond acceptors (Lipinski definition) is 10. The van der Waals surface area contributed by atoms with E-state index >= 15 is 0 Å². The molecule has 1 aliphatic carbocycles. The van der Waals surface area contributed by atoms with Crippen LogP contribution >= 0.6 is 0 Å². The maximum atomic E-state index is 13.9. The molecule has 9 rings (SSSR count). The van der Waals surface area contributed by atoms with Gasteiger partial charge < -0.3 is 19.8 Å². The van der Waals surface area contributed by atoms with Crippen LogP contribution in [0.5, 0.6) is 11.5 Å². The van der Waals surface area contributed by atoms with Gasteiger partial charge in [-0.1, -0.05) is 66.7 Å². The van der Waals surface area contributed by atoms with Crippen molar-refractivity contribution in [1.82, 2.24) is 19.6 Å². The molecule has 1 amide bonds. The highest BCUT2D eigenvalue weighted by Crippen LogP contribution is 2.43. The number of amides is 1. The van der Waals surface area contributed by atoms with Crippen molar-refractivity contribution in [2.45, 2.75) is 55.6 Å². The summed E-state index contributed by atoms with van der Waals surface area (Å²) in [6, 6.07) is 32.1. The van der Waals surface area contributed by atoms with Gasteiger partial charge in [0.15, 0.2) is 0 Å². The van der Waals surface area contributed by atoms with Gasteiger partial charge in [0.1, 0.15) is 22.8 Å². The lowest BCUT2D eigenvalue weighted by Gasteiger charge is -2.35. The van der Waals surface area contributed by atoms with Gasteiger partial charge in [-0.2, -0.15) is 0 Å². The van der Waals surface area contributed by atoms with Gasteiger partial charge in [-0.05, 0) is 102 Å². The van der Waals surface area contributed by atoms with Crippen molar-refractivity contribution in [1.29, 1.82) is 0 Å². The van der Waals surface area contributed by atoms with Crippen LogP contribution in [-0.4, -0.2) is 59.9 Å². The molecule has 4 heterocycles. The third-order valence-electron chi connectivity index (χ3n) is 11.8. The number of benzene rings is 4. The van der Waals surface area contributed by atoms with Gasteiger partial charge in [0, 0.05) is 50.0 Å². The number of allylic oxidation sites excluding steroid dienone is 1. The molecule has 2 atom stereocenters. The van der Waals surface area contributed by atoms with E-state index in [0.29, 0.717) is 37.2 Å². The number of nitrogens with zero attached hydrogens (tertiary/aromatic N) is 3. The maximum Gasteiger partial charge on any atom is 0.293 e. The van der Waals surface area contributed by atoms with Crippen molar-refractivity contribution < 1.29 is 27.6 Å². The second-order valence-electron chi connectivity index (χ2n) is 15.5. The number of hydrogen-bond donors (Lipinski definition) is 3. The number of nitro groups is 1. The fourth-order valence-electron chi connectivity index (χ4n) is 8.66. The number of aromatic amines is 1. The zero-order valence-electron chi connectivity index (χ0n) is 32.8. The molecule has 2 unspecified atom stereocenters. The van der Waals surface area contributed by atoms with Crippen LogP contribution in [0.1, 0.15) is 70.8 Å². The number of carbonyl (C=O) groups is 1. The molecule has 0 saturated carbocycles. The standard InChI is InChI=1S/C46H44N6O7S/c53-46(50-60(56,57)38-15-17-41(42(26-38)52(54)55)48-27-30-19-22-58-23-20-30)40-16-12-33(25-43(40)59-37-24-34-18-21-47-45(34)49-28-37)31-10-13-36(14-11-31)51-29-35-8-4-5-9-39(35)44(51)32-6-2-1-3-7-32/h1-10,12,15-18,21,24-26,28,30,36,44,48H,11,13-14,19-20,22-23,27,29H2,(H,47,49)(H,50,53). The SMILES string of the molecule is O=C(NS(=O)(=O)c1ccc(NCC2CCOCC2)c([N+](=O)[O-])c1)c1ccc(C2=CCC(N3Cc4ccccc4C3c3ccccc3)CC2)cc1Oc1cnc2[nH]ccc2c1. The Morgan fingerprint density at radius 2 is 1.78 bits per heavy atom. The number of rotatable bonds is 12. The van der Waals surface area contributed by atoms with Gasteiger partial charge in [-0.15, -0.1) is 0 Å². The molecular weight excluding hydrogens is 781 g/mol. The molecular formula is C46H44N6O7S. The highest BCUT2D eigenvalue weighted by Gasteiger charge is 2.36. The van der Waals surface area contributed by atoms with E-state index in [-0.39, 0.29) is 29.0 Å². The van der Waals surface area contributed by atoms with E-state index in [9.17, 15) is 23.3 Å². The quantitative estimate of drug-likeness (QED) is 0.0801. The number of aromatic nitrogens is 2. The predicted octanol–water partition coefficient (Wildman–Crippen LogP) is 8.76. The maximum absolute atomic E-state index is 13.9. The molecule has 3 N–H and O–H groups in total. The predicted molar refractivity (Wildman–Crippen MR) is 228 cm³/mol. The average molecular weight is 825 g/mol. The summed E-state index contributed by atoms with van der Waals surface area (Å²) in [4.78, 5) is 35.0. The van der Waals surface area contributed by atoms with Crippen LogP contribution in [0.4, 0.5) is 11.4 Å². The summed E-state index contributed by atoms with van der Waals surface area (Å²) in [7, 11) is -4.55. The van der Waals surface area contributed by atoms with E-state index in [1.54, 1.807) is 30.5 Å². The Morgan fingerprint density at radius 1 is 0.967 bits per heavy atom. The normalized spacial score (nSPS) is 18.4. The Kier molecular flexibility index (Phi) is 10.9. The van der Waals surface area contributed by atoms with E-state index in [0.717, 1.165) is 61.2 Å². The second-order valence-corrected chi connectivity index (χ2v) is 17.2. The van der Waals surface area contributed by atoms with Crippen LogP contribution in [0.25, 0.3) is 16.6 Å². The third kappa shape index (κ3) is 8.13. The number of nitrogens with one attached hydrogen (secondary N) is 3. The van der Waals surface area contributed by atoms with Crippen LogP contribution in [0.2, 0.25) is 0 Å². The van der Waals surface area contributed by atoms with Gasteiger partial charge in [0.05, 0.1) is 27.6 Å². The monoisotopic (exact) mass is 824 g/mol. The van der Waals surface area contributed by atoms with Gasteiger partial charge >= 0.3 is 0 Å². The topological polar surface area (TPSA) is 169 Å². The van der Waals surface area contributed by atoms with Crippen LogP contribution < -0.4 is 14.8 Å². The number of H-pyrrole nitrogens is 1. The van der Waals surface area contributed by atoms with Crippen LogP contribution in [0.15, 0.2) is 126 Å². The Bertz CT molecular complexity index is 2710. The summed E-state index contributed by atoms with van der Waals surface area (Å²) in [6.07, 6.45) is 9.73. The van der Waals surface area contributed by atoms with E-state index < -0.39 is 31.4 Å². The Hall–Kier alpha value is -6.35. The highest BCUT2D eigenvalue weighted by atomic mass is 32.2. The van der Waals surface area contributed by atoms with Crippen molar-refractivity contribution in [2.75, 3.05) is 25.1 Å². The highest BCUT2D eigenvalue weighted by molar-refractivity contribution is 7.90. The lowest BCUT2D eigenvalue weighted by atomic mass is 9.88. The molecule has 3 aliphatic rings. The Balaban J connectivity index is 0.971. The zero-order chi connectivity index (χ0) is 41.2. The summed E-state index contributed by atoms with van der Waals surface area (Å²) in [5.41, 5.74) is 6.33. The summed E-state index contributed by atoms with van der Waals surface area (Å²) in [5, 5.41) is 16.0. The van der Waals surface area contributed by atoms with Crippen molar-refractivity contribution in [3.8, 4) is 11.5 Å². The largest absolute Gasteiger partial charge is 0.455 e. The Labute approximate surface area is 347 Å². The minimum atomic E-state index is -4.55. The first kappa shape index (κ1) is 39.1. The summed E-state index contributed by atoms with van der Waals surface area (Å²) < 4.78 is 41.2.